The van der Waals surface area contributed by atoms with E-state index in [0.717, 1.165) is 37.3 Å². The Morgan fingerprint density at radius 1 is 1.00 bits per heavy atom. The molecule has 2 rings (SSSR count). The van der Waals surface area contributed by atoms with Crippen LogP contribution >= 0.6 is 0 Å². The van der Waals surface area contributed by atoms with Crippen molar-refractivity contribution in [1.82, 2.24) is 4.90 Å². The number of nitrogens with zero attached hydrogens (tertiary/aromatic N) is 1. The first-order chi connectivity index (χ1) is 9.74. The molecule has 2 nitrogen and oxygen atoms in total. The summed E-state index contributed by atoms with van der Waals surface area (Å²) >= 11 is 0. The first-order valence-electron chi connectivity index (χ1n) is 6.96. The van der Waals surface area contributed by atoms with Crippen LogP contribution in [0.5, 0.6) is 0 Å². The highest BCUT2D eigenvalue weighted by Gasteiger charge is 2.00. The average molecular weight is 272 g/mol. The van der Waals surface area contributed by atoms with Crippen LogP contribution in [0.2, 0.25) is 0 Å². The standard InChI is InChI=1S/C17H21FN2/c1-20(14-15-8-10-16(18)11-9-15)13-5-12-19-17-6-3-2-4-7-17/h2-4,6-11,19H,5,12-14H2,1H3. The largest absolute Gasteiger partial charge is 0.385 e. The molecule has 0 radical (unpaired) electrons. The van der Waals surface area contributed by atoms with Crippen molar-refractivity contribution in [3.63, 3.8) is 0 Å². The van der Waals surface area contributed by atoms with Crippen molar-refractivity contribution in [2.24, 2.45) is 0 Å². The molecular formula is C17H21FN2. The van der Waals surface area contributed by atoms with Crippen LogP contribution in [0.1, 0.15) is 12.0 Å². The summed E-state index contributed by atoms with van der Waals surface area (Å²) in [7, 11) is 2.09. The third kappa shape index (κ3) is 5.02. The van der Waals surface area contributed by atoms with E-state index in [-0.39, 0.29) is 5.82 Å². The Kier molecular flexibility index (Phi) is 5.56. The minimum absolute atomic E-state index is 0.177. The lowest BCUT2D eigenvalue weighted by atomic mass is 10.2. The van der Waals surface area contributed by atoms with Gasteiger partial charge in [0.1, 0.15) is 5.82 Å². The number of rotatable bonds is 7. The van der Waals surface area contributed by atoms with E-state index in [4.69, 9.17) is 0 Å². The third-order valence-electron chi connectivity index (χ3n) is 3.19. The van der Waals surface area contributed by atoms with Gasteiger partial charge in [0.2, 0.25) is 0 Å². The van der Waals surface area contributed by atoms with E-state index in [2.05, 4.69) is 29.4 Å². The van der Waals surface area contributed by atoms with Gasteiger partial charge in [0.25, 0.3) is 0 Å². The molecule has 0 aromatic heterocycles. The number of hydrogen-bond donors (Lipinski definition) is 1. The quantitative estimate of drug-likeness (QED) is 0.772. The molecule has 0 aliphatic heterocycles. The van der Waals surface area contributed by atoms with Crippen LogP contribution in [0, 0.1) is 5.82 Å². The molecular weight excluding hydrogens is 251 g/mol. The molecule has 106 valence electrons. The number of anilines is 1. The lowest BCUT2D eigenvalue weighted by Crippen LogP contribution is -2.21. The molecule has 0 spiro atoms. The predicted molar refractivity (Wildman–Crippen MR) is 82.3 cm³/mol. The van der Waals surface area contributed by atoms with Gasteiger partial charge in [0.15, 0.2) is 0 Å². The molecule has 2 aromatic carbocycles. The van der Waals surface area contributed by atoms with Crippen LogP contribution in [0.4, 0.5) is 10.1 Å². The minimum atomic E-state index is -0.177. The fraction of sp³-hybridized carbons (Fsp3) is 0.294. The van der Waals surface area contributed by atoms with Crippen LogP contribution < -0.4 is 5.32 Å². The van der Waals surface area contributed by atoms with Crippen LogP contribution in [0.25, 0.3) is 0 Å². The maximum absolute atomic E-state index is 12.8. The molecule has 20 heavy (non-hydrogen) atoms. The zero-order valence-electron chi connectivity index (χ0n) is 11.8. The van der Waals surface area contributed by atoms with Crippen molar-refractivity contribution in [2.75, 3.05) is 25.5 Å². The number of para-hydroxylation sites is 1. The second-order valence-electron chi connectivity index (χ2n) is 5.01. The van der Waals surface area contributed by atoms with Crippen molar-refractivity contribution in [1.29, 1.82) is 0 Å². The Hall–Kier alpha value is -1.87. The van der Waals surface area contributed by atoms with Gasteiger partial charge in [-0.1, -0.05) is 30.3 Å². The topological polar surface area (TPSA) is 15.3 Å². The third-order valence-corrected chi connectivity index (χ3v) is 3.19. The monoisotopic (exact) mass is 272 g/mol. The van der Waals surface area contributed by atoms with Gasteiger partial charge in [-0.05, 0) is 49.8 Å². The number of benzene rings is 2. The molecule has 3 heteroatoms. The Balaban J connectivity index is 1.65. The summed E-state index contributed by atoms with van der Waals surface area (Å²) < 4.78 is 12.8. The van der Waals surface area contributed by atoms with Crippen LogP contribution in [0.15, 0.2) is 54.6 Å². The summed E-state index contributed by atoms with van der Waals surface area (Å²) in [4.78, 5) is 2.25. The van der Waals surface area contributed by atoms with E-state index < -0.39 is 0 Å². The summed E-state index contributed by atoms with van der Waals surface area (Å²) in [6.07, 6.45) is 1.08. The lowest BCUT2D eigenvalue weighted by Gasteiger charge is -2.17. The molecule has 1 N–H and O–H groups in total. The summed E-state index contributed by atoms with van der Waals surface area (Å²) in [5, 5.41) is 3.40. The predicted octanol–water partition coefficient (Wildman–Crippen LogP) is 3.76. The highest BCUT2D eigenvalue weighted by molar-refractivity contribution is 5.42. The Labute approximate surface area is 120 Å². The van der Waals surface area contributed by atoms with Gasteiger partial charge >= 0.3 is 0 Å². The fourth-order valence-corrected chi connectivity index (χ4v) is 2.12. The summed E-state index contributed by atoms with van der Waals surface area (Å²) in [6, 6.07) is 16.9. The summed E-state index contributed by atoms with van der Waals surface area (Å²) in [5.74, 6) is -0.177. The zero-order valence-corrected chi connectivity index (χ0v) is 11.8. The molecule has 0 bridgehead atoms. The molecule has 0 aliphatic carbocycles. The molecule has 0 saturated carbocycles. The zero-order chi connectivity index (χ0) is 14.2. The normalized spacial score (nSPS) is 10.8. The van der Waals surface area contributed by atoms with E-state index in [1.807, 2.05) is 30.3 Å². The van der Waals surface area contributed by atoms with Crippen LogP contribution in [-0.4, -0.2) is 25.0 Å². The first kappa shape index (κ1) is 14.5. The Morgan fingerprint density at radius 2 is 1.70 bits per heavy atom. The van der Waals surface area contributed by atoms with Gasteiger partial charge in [-0.2, -0.15) is 0 Å². The minimum Gasteiger partial charge on any atom is -0.385 e. The van der Waals surface area contributed by atoms with Gasteiger partial charge < -0.3 is 10.2 Å². The number of halogens is 1. The molecule has 0 aliphatic rings. The summed E-state index contributed by atoms with van der Waals surface area (Å²) in [6.45, 7) is 2.82. The number of hydrogen-bond acceptors (Lipinski definition) is 2. The lowest BCUT2D eigenvalue weighted by molar-refractivity contribution is 0.325. The average Bonchev–Trinajstić information content (AvgIpc) is 2.47. The van der Waals surface area contributed by atoms with Crippen LogP contribution in [0.3, 0.4) is 0 Å². The van der Waals surface area contributed by atoms with Crippen molar-refractivity contribution in [2.45, 2.75) is 13.0 Å². The smallest absolute Gasteiger partial charge is 0.123 e. The van der Waals surface area contributed by atoms with Crippen molar-refractivity contribution in [3.05, 3.63) is 66.0 Å². The summed E-state index contributed by atoms with van der Waals surface area (Å²) in [5.41, 5.74) is 2.30. The SMILES string of the molecule is CN(CCCNc1ccccc1)Cc1ccc(F)cc1. The Morgan fingerprint density at radius 3 is 2.40 bits per heavy atom. The van der Waals surface area contributed by atoms with E-state index in [0.29, 0.717) is 0 Å². The fourth-order valence-electron chi connectivity index (χ4n) is 2.12. The molecule has 0 fully saturated rings. The van der Waals surface area contributed by atoms with E-state index in [9.17, 15) is 4.39 Å². The van der Waals surface area contributed by atoms with Gasteiger partial charge in [0, 0.05) is 18.8 Å². The second kappa shape index (κ2) is 7.65. The van der Waals surface area contributed by atoms with Gasteiger partial charge in [0.05, 0.1) is 0 Å². The van der Waals surface area contributed by atoms with Crippen molar-refractivity contribution < 1.29 is 4.39 Å². The molecule has 0 atom stereocenters. The second-order valence-corrected chi connectivity index (χ2v) is 5.01. The molecule has 0 heterocycles. The molecule has 2 aromatic rings. The van der Waals surface area contributed by atoms with Gasteiger partial charge in [-0.15, -0.1) is 0 Å². The molecule has 0 saturated heterocycles. The first-order valence-corrected chi connectivity index (χ1v) is 6.96. The highest BCUT2D eigenvalue weighted by atomic mass is 19.1. The highest BCUT2D eigenvalue weighted by Crippen LogP contribution is 2.07. The van der Waals surface area contributed by atoms with E-state index >= 15 is 0 Å². The maximum Gasteiger partial charge on any atom is 0.123 e. The van der Waals surface area contributed by atoms with Gasteiger partial charge in [-0.25, -0.2) is 4.39 Å². The van der Waals surface area contributed by atoms with E-state index in [1.54, 1.807) is 0 Å². The molecule has 0 unspecified atom stereocenters. The Bertz CT molecular complexity index is 496. The van der Waals surface area contributed by atoms with Crippen molar-refractivity contribution >= 4 is 5.69 Å². The maximum atomic E-state index is 12.8. The van der Waals surface area contributed by atoms with Crippen molar-refractivity contribution in [3.8, 4) is 0 Å². The van der Waals surface area contributed by atoms with Gasteiger partial charge in [-0.3, -0.25) is 0 Å². The van der Waals surface area contributed by atoms with E-state index in [1.165, 1.54) is 12.1 Å². The number of nitrogens with one attached hydrogen (secondary N) is 1. The molecule has 0 amide bonds. The van der Waals surface area contributed by atoms with Crippen LogP contribution in [-0.2, 0) is 6.54 Å².